The number of piperidine rings is 2. The molecule has 25 heavy (non-hydrogen) atoms. The minimum absolute atomic E-state index is 0.174. The Balaban J connectivity index is 1.44. The summed E-state index contributed by atoms with van der Waals surface area (Å²) in [7, 11) is 2.23. The van der Waals surface area contributed by atoms with E-state index in [2.05, 4.69) is 11.9 Å². The molecule has 0 N–H and O–H groups in total. The van der Waals surface area contributed by atoms with Crippen LogP contribution in [0.4, 0.5) is 0 Å². The van der Waals surface area contributed by atoms with E-state index in [0.29, 0.717) is 17.9 Å². The Bertz CT molecular complexity index is 711. The third-order valence-electron chi connectivity index (χ3n) is 5.83. The summed E-state index contributed by atoms with van der Waals surface area (Å²) in [5, 5.41) is 0. The summed E-state index contributed by atoms with van der Waals surface area (Å²) in [4.78, 5) is 15.5. The monoisotopic (exact) mass is 335 g/mol. The number of ketones is 1. The van der Waals surface area contributed by atoms with Crippen molar-refractivity contribution < 1.29 is 9.53 Å². The number of carbonyl (C=O) groups is 1. The molecule has 2 aromatic rings. The summed E-state index contributed by atoms with van der Waals surface area (Å²) in [6.07, 6.45) is 5.80. The number of rotatable bonds is 4. The molecule has 2 aliphatic heterocycles. The maximum Gasteiger partial charge on any atom is 0.166 e. The zero-order valence-corrected chi connectivity index (χ0v) is 14.7. The van der Waals surface area contributed by atoms with Crippen LogP contribution in [-0.4, -0.2) is 29.8 Å². The molecule has 0 radical (unpaired) electrons. The lowest BCUT2D eigenvalue weighted by molar-refractivity contribution is 0.0338. The molecule has 2 saturated heterocycles. The van der Waals surface area contributed by atoms with E-state index in [1.165, 1.54) is 19.3 Å². The predicted molar refractivity (Wildman–Crippen MR) is 99.2 cm³/mol. The first kappa shape index (κ1) is 16.3. The van der Waals surface area contributed by atoms with Gasteiger partial charge in [-0.25, -0.2) is 0 Å². The van der Waals surface area contributed by atoms with Gasteiger partial charge in [-0.05, 0) is 69.1 Å². The van der Waals surface area contributed by atoms with Crippen molar-refractivity contribution in [2.75, 3.05) is 7.05 Å². The highest BCUT2D eigenvalue weighted by atomic mass is 16.5. The molecule has 2 aromatic carbocycles. The molecule has 0 spiro atoms. The summed E-state index contributed by atoms with van der Waals surface area (Å²) in [5.41, 5.74) is 0.813. The summed E-state index contributed by atoms with van der Waals surface area (Å²) in [6.45, 7) is 0. The van der Waals surface area contributed by atoms with Crippen molar-refractivity contribution >= 4 is 5.78 Å². The maximum atomic E-state index is 12.9. The number of para-hydroxylation sites is 1. The fourth-order valence-corrected chi connectivity index (χ4v) is 4.38. The van der Waals surface area contributed by atoms with Crippen LogP contribution >= 0.6 is 0 Å². The van der Waals surface area contributed by atoms with E-state index in [1.54, 1.807) is 0 Å². The lowest BCUT2D eigenvalue weighted by atomic mass is 9.76. The third-order valence-corrected chi connectivity index (χ3v) is 5.83. The second-order valence-corrected chi connectivity index (χ2v) is 7.38. The summed E-state index contributed by atoms with van der Waals surface area (Å²) < 4.78 is 5.82. The minimum atomic E-state index is 0.174. The zero-order valence-electron chi connectivity index (χ0n) is 14.7. The van der Waals surface area contributed by atoms with Gasteiger partial charge >= 0.3 is 0 Å². The number of fused-ring (bicyclic) bond motifs is 2. The van der Waals surface area contributed by atoms with E-state index >= 15 is 0 Å². The first-order valence-corrected chi connectivity index (χ1v) is 9.30. The molecule has 2 unspecified atom stereocenters. The number of carbonyl (C=O) groups excluding carboxylic acids is 1. The highest BCUT2D eigenvalue weighted by Crippen LogP contribution is 2.37. The van der Waals surface area contributed by atoms with Crippen LogP contribution in [0.2, 0.25) is 0 Å². The molecule has 3 heteroatoms. The van der Waals surface area contributed by atoms with Gasteiger partial charge in [-0.15, -0.1) is 0 Å². The van der Waals surface area contributed by atoms with Gasteiger partial charge in [0.25, 0.3) is 0 Å². The van der Waals surface area contributed by atoms with Gasteiger partial charge in [0, 0.05) is 23.6 Å². The van der Waals surface area contributed by atoms with Crippen LogP contribution in [0.1, 0.15) is 42.5 Å². The van der Waals surface area contributed by atoms with Gasteiger partial charge in [0.2, 0.25) is 0 Å². The molecule has 0 aromatic heterocycles. The Kier molecular flexibility index (Phi) is 4.58. The smallest absolute Gasteiger partial charge is 0.166 e. The Morgan fingerprint density at radius 3 is 2.16 bits per heavy atom. The van der Waals surface area contributed by atoms with Gasteiger partial charge in [-0.3, -0.25) is 4.79 Å². The molecule has 2 aliphatic rings. The molecule has 0 amide bonds. The Morgan fingerprint density at radius 2 is 1.52 bits per heavy atom. The Hall–Kier alpha value is -2.13. The normalized spacial score (nSPS) is 26.2. The highest BCUT2D eigenvalue weighted by molar-refractivity contribution is 5.98. The summed E-state index contributed by atoms with van der Waals surface area (Å²) in [5.74, 6) is 2.05. The first-order valence-electron chi connectivity index (χ1n) is 9.30. The van der Waals surface area contributed by atoms with Crippen molar-refractivity contribution in [3.63, 3.8) is 0 Å². The van der Waals surface area contributed by atoms with Crippen LogP contribution in [0.5, 0.6) is 11.5 Å². The van der Waals surface area contributed by atoms with Crippen molar-refractivity contribution in [2.24, 2.45) is 5.92 Å². The largest absolute Gasteiger partial charge is 0.457 e. The Labute approximate surface area is 149 Å². The number of Topliss-reactive ketones (excluding diaryl/α,β-unsaturated/α-hetero) is 1. The second kappa shape index (κ2) is 7.01. The molecule has 130 valence electrons. The lowest BCUT2D eigenvalue weighted by Gasteiger charge is -2.46. The highest BCUT2D eigenvalue weighted by Gasteiger charge is 2.38. The van der Waals surface area contributed by atoms with Crippen molar-refractivity contribution in [1.29, 1.82) is 0 Å². The molecule has 2 atom stereocenters. The van der Waals surface area contributed by atoms with E-state index in [-0.39, 0.29) is 5.92 Å². The van der Waals surface area contributed by atoms with E-state index < -0.39 is 0 Å². The molecule has 2 fully saturated rings. The fourth-order valence-electron chi connectivity index (χ4n) is 4.38. The topological polar surface area (TPSA) is 29.5 Å². The second-order valence-electron chi connectivity index (χ2n) is 7.38. The summed E-state index contributed by atoms with van der Waals surface area (Å²) >= 11 is 0. The summed E-state index contributed by atoms with van der Waals surface area (Å²) in [6, 6.07) is 18.5. The number of hydrogen-bond acceptors (Lipinski definition) is 3. The van der Waals surface area contributed by atoms with Crippen molar-refractivity contribution in [3.8, 4) is 11.5 Å². The SMILES string of the molecule is CN1C2CCCC1CC(C(=O)c1ccc(Oc3ccccc3)cc1)C2. The van der Waals surface area contributed by atoms with Gasteiger partial charge in [-0.1, -0.05) is 24.6 Å². The molecular formula is C22H25NO2. The van der Waals surface area contributed by atoms with Gasteiger partial charge in [-0.2, -0.15) is 0 Å². The van der Waals surface area contributed by atoms with Gasteiger partial charge < -0.3 is 9.64 Å². The molecule has 4 rings (SSSR count). The first-order chi connectivity index (χ1) is 12.2. The average Bonchev–Trinajstić information content (AvgIpc) is 2.62. The molecular weight excluding hydrogens is 310 g/mol. The van der Waals surface area contributed by atoms with Gasteiger partial charge in [0.05, 0.1) is 0 Å². The zero-order chi connectivity index (χ0) is 17.2. The van der Waals surface area contributed by atoms with Crippen LogP contribution in [0.25, 0.3) is 0 Å². The third kappa shape index (κ3) is 3.47. The Morgan fingerprint density at radius 1 is 0.920 bits per heavy atom. The molecule has 0 aliphatic carbocycles. The molecule has 2 bridgehead atoms. The minimum Gasteiger partial charge on any atom is -0.457 e. The van der Waals surface area contributed by atoms with E-state index in [1.807, 2.05) is 54.6 Å². The standard InChI is InChI=1S/C22H25NO2/c1-23-18-6-5-7-19(23)15-17(14-18)22(24)16-10-12-21(13-11-16)25-20-8-3-2-4-9-20/h2-4,8-13,17-19H,5-7,14-15H2,1H3. The van der Waals surface area contributed by atoms with E-state index in [9.17, 15) is 4.79 Å². The average molecular weight is 335 g/mol. The number of nitrogens with zero attached hydrogens (tertiary/aromatic N) is 1. The van der Waals surface area contributed by atoms with Crippen LogP contribution in [0, 0.1) is 5.92 Å². The van der Waals surface area contributed by atoms with E-state index in [0.717, 1.165) is 29.9 Å². The number of benzene rings is 2. The molecule has 0 saturated carbocycles. The quantitative estimate of drug-likeness (QED) is 0.742. The van der Waals surface area contributed by atoms with Gasteiger partial charge in [0.1, 0.15) is 11.5 Å². The van der Waals surface area contributed by atoms with Gasteiger partial charge in [0.15, 0.2) is 5.78 Å². The van der Waals surface area contributed by atoms with E-state index in [4.69, 9.17) is 4.74 Å². The molecule has 2 heterocycles. The van der Waals surface area contributed by atoms with Crippen molar-refractivity contribution in [1.82, 2.24) is 4.90 Å². The van der Waals surface area contributed by atoms with Crippen molar-refractivity contribution in [3.05, 3.63) is 60.2 Å². The van der Waals surface area contributed by atoms with Crippen molar-refractivity contribution in [2.45, 2.75) is 44.2 Å². The number of hydrogen-bond donors (Lipinski definition) is 0. The lowest BCUT2D eigenvalue weighted by Crippen LogP contribution is -2.51. The predicted octanol–water partition coefficient (Wildman–Crippen LogP) is 4.92. The van der Waals surface area contributed by atoms with Crippen LogP contribution in [-0.2, 0) is 0 Å². The molecule has 3 nitrogen and oxygen atoms in total. The number of ether oxygens (including phenoxy) is 1. The van der Waals surface area contributed by atoms with Crippen LogP contribution in [0.3, 0.4) is 0 Å². The fraction of sp³-hybridized carbons (Fsp3) is 0.409. The van der Waals surface area contributed by atoms with Crippen LogP contribution in [0.15, 0.2) is 54.6 Å². The van der Waals surface area contributed by atoms with Crippen LogP contribution < -0.4 is 4.74 Å². The maximum absolute atomic E-state index is 12.9.